The van der Waals surface area contributed by atoms with Gasteiger partial charge in [-0.05, 0) is 24.5 Å². The number of hydrogen-bond acceptors (Lipinski definition) is 2. The van der Waals surface area contributed by atoms with Gasteiger partial charge in [-0.3, -0.25) is 14.9 Å². The summed E-state index contributed by atoms with van der Waals surface area (Å²) in [6, 6.07) is 7.42. The molecular formula is C14H17NO2. The first-order valence-corrected chi connectivity index (χ1v) is 6.11. The maximum Gasteiger partial charge on any atom is 0.258 e. The van der Waals surface area contributed by atoms with E-state index in [0.717, 1.165) is 24.8 Å². The van der Waals surface area contributed by atoms with Crippen LogP contribution >= 0.6 is 0 Å². The van der Waals surface area contributed by atoms with Gasteiger partial charge in [0, 0.05) is 5.56 Å². The molecule has 90 valence electrons. The molecule has 2 amide bonds. The van der Waals surface area contributed by atoms with Crippen LogP contribution in [0.2, 0.25) is 0 Å². The Hall–Kier alpha value is -1.64. The van der Waals surface area contributed by atoms with Crippen molar-refractivity contribution in [3.8, 4) is 0 Å². The Morgan fingerprint density at radius 3 is 2.53 bits per heavy atom. The SMILES string of the molecule is CCCC1(CC)C(=O)NC(=O)c2ccccc21. The van der Waals surface area contributed by atoms with E-state index in [4.69, 9.17) is 0 Å². The highest BCUT2D eigenvalue weighted by Crippen LogP contribution is 2.37. The Labute approximate surface area is 101 Å². The molecule has 1 atom stereocenters. The first-order valence-electron chi connectivity index (χ1n) is 6.11. The standard InChI is InChI=1S/C14H17NO2/c1-3-9-14(4-2)11-8-6-5-7-10(11)12(16)15-13(14)17/h5-8H,3-4,9H2,1-2H3,(H,15,16,17). The average molecular weight is 231 g/mol. The summed E-state index contributed by atoms with van der Waals surface area (Å²) in [5.41, 5.74) is 1.000. The van der Waals surface area contributed by atoms with Gasteiger partial charge in [-0.1, -0.05) is 38.5 Å². The van der Waals surface area contributed by atoms with E-state index in [2.05, 4.69) is 12.2 Å². The number of hydrogen-bond donors (Lipinski definition) is 1. The minimum Gasteiger partial charge on any atom is -0.292 e. The Morgan fingerprint density at radius 2 is 1.88 bits per heavy atom. The number of amides is 2. The van der Waals surface area contributed by atoms with Crippen LogP contribution in [0.25, 0.3) is 0 Å². The molecule has 1 aromatic rings. The monoisotopic (exact) mass is 231 g/mol. The molecule has 2 rings (SSSR count). The molecule has 0 saturated heterocycles. The number of benzene rings is 1. The molecule has 0 aliphatic carbocycles. The van der Waals surface area contributed by atoms with Gasteiger partial charge in [0.25, 0.3) is 5.91 Å². The van der Waals surface area contributed by atoms with Crippen LogP contribution in [0.1, 0.15) is 49.0 Å². The number of rotatable bonds is 3. The van der Waals surface area contributed by atoms with Crippen molar-refractivity contribution in [2.45, 2.75) is 38.5 Å². The summed E-state index contributed by atoms with van der Waals surface area (Å²) in [4.78, 5) is 24.0. The van der Waals surface area contributed by atoms with Crippen molar-refractivity contribution in [3.05, 3.63) is 35.4 Å². The molecule has 1 unspecified atom stereocenters. The van der Waals surface area contributed by atoms with Gasteiger partial charge in [-0.15, -0.1) is 0 Å². The molecule has 1 N–H and O–H groups in total. The molecule has 0 spiro atoms. The molecule has 3 heteroatoms. The minimum absolute atomic E-state index is 0.148. The zero-order valence-corrected chi connectivity index (χ0v) is 10.2. The van der Waals surface area contributed by atoms with Crippen molar-refractivity contribution >= 4 is 11.8 Å². The van der Waals surface area contributed by atoms with Crippen LogP contribution in [-0.2, 0) is 10.2 Å². The summed E-state index contributed by atoms with van der Waals surface area (Å²) in [6.45, 7) is 4.06. The maximum absolute atomic E-state index is 12.2. The van der Waals surface area contributed by atoms with Crippen molar-refractivity contribution in [2.75, 3.05) is 0 Å². The molecule has 17 heavy (non-hydrogen) atoms. The van der Waals surface area contributed by atoms with E-state index >= 15 is 0 Å². The molecule has 0 saturated carbocycles. The minimum atomic E-state index is -0.529. The quantitative estimate of drug-likeness (QED) is 0.812. The average Bonchev–Trinajstić information content (AvgIpc) is 2.35. The summed E-state index contributed by atoms with van der Waals surface area (Å²) in [5.74, 6) is -0.420. The number of carbonyl (C=O) groups excluding carboxylic acids is 2. The zero-order chi connectivity index (χ0) is 12.5. The van der Waals surface area contributed by atoms with E-state index < -0.39 is 5.41 Å². The van der Waals surface area contributed by atoms with E-state index in [-0.39, 0.29) is 11.8 Å². The summed E-state index contributed by atoms with van der Waals surface area (Å²) in [6.07, 6.45) is 2.42. The molecular weight excluding hydrogens is 214 g/mol. The first-order chi connectivity index (χ1) is 8.15. The van der Waals surface area contributed by atoms with Crippen LogP contribution in [0.15, 0.2) is 24.3 Å². The zero-order valence-electron chi connectivity index (χ0n) is 10.2. The summed E-state index contributed by atoms with van der Waals surface area (Å²) < 4.78 is 0. The lowest BCUT2D eigenvalue weighted by molar-refractivity contribution is -0.126. The first kappa shape index (κ1) is 11.8. The van der Waals surface area contributed by atoms with Crippen LogP contribution in [0.5, 0.6) is 0 Å². The molecule has 1 aliphatic heterocycles. The second kappa shape index (κ2) is 4.32. The van der Waals surface area contributed by atoms with E-state index in [9.17, 15) is 9.59 Å². The van der Waals surface area contributed by atoms with Crippen LogP contribution in [0.4, 0.5) is 0 Å². The molecule has 0 bridgehead atoms. The fraction of sp³-hybridized carbons (Fsp3) is 0.429. The Bertz CT molecular complexity index is 467. The van der Waals surface area contributed by atoms with E-state index in [1.165, 1.54) is 0 Å². The van der Waals surface area contributed by atoms with Crippen LogP contribution < -0.4 is 5.32 Å². The third-order valence-electron chi connectivity index (χ3n) is 3.63. The van der Waals surface area contributed by atoms with Gasteiger partial charge < -0.3 is 0 Å². The van der Waals surface area contributed by atoms with Crippen LogP contribution in [0.3, 0.4) is 0 Å². The molecule has 1 aliphatic rings. The molecule has 1 heterocycles. The van der Waals surface area contributed by atoms with Crippen molar-refractivity contribution < 1.29 is 9.59 Å². The van der Waals surface area contributed by atoms with Crippen molar-refractivity contribution in [1.29, 1.82) is 0 Å². The van der Waals surface area contributed by atoms with Gasteiger partial charge in [-0.25, -0.2) is 0 Å². The fourth-order valence-electron chi connectivity index (χ4n) is 2.71. The third kappa shape index (κ3) is 1.66. The smallest absolute Gasteiger partial charge is 0.258 e. The number of imide groups is 1. The van der Waals surface area contributed by atoms with Gasteiger partial charge in [-0.2, -0.15) is 0 Å². The lowest BCUT2D eigenvalue weighted by Crippen LogP contribution is -2.51. The van der Waals surface area contributed by atoms with Crippen molar-refractivity contribution in [2.24, 2.45) is 0 Å². The van der Waals surface area contributed by atoms with Crippen LogP contribution in [0, 0.1) is 0 Å². The summed E-state index contributed by atoms with van der Waals surface area (Å²) in [7, 11) is 0. The lowest BCUT2D eigenvalue weighted by Gasteiger charge is -2.36. The third-order valence-corrected chi connectivity index (χ3v) is 3.63. The Morgan fingerprint density at radius 1 is 1.18 bits per heavy atom. The van der Waals surface area contributed by atoms with Crippen molar-refractivity contribution in [1.82, 2.24) is 5.32 Å². The highest BCUT2D eigenvalue weighted by molar-refractivity contribution is 6.13. The Balaban J connectivity index is 2.63. The van der Waals surface area contributed by atoms with Gasteiger partial charge in [0.15, 0.2) is 0 Å². The van der Waals surface area contributed by atoms with Gasteiger partial charge >= 0.3 is 0 Å². The largest absolute Gasteiger partial charge is 0.292 e. The molecule has 1 aromatic carbocycles. The van der Waals surface area contributed by atoms with Crippen LogP contribution in [-0.4, -0.2) is 11.8 Å². The van der Waals surface area contributed by atoms with Gasteiger partial charge in [0.1, 0.15) is 0 Å². The van der Waals surface area contributed by atoms with E-state index in [1.807, 2.05) is 25.1 Å². The predicted octanol–water partition coefficient (Wildman–Crippen LogP) is 2.40. The van der Waals surface area contributed by atoms with Gasteiger partial charge in [0.2, 0.25) is 5.91 Å². The number of nitrogens with one attached hydrogen (secondary N) is 1. The fourth-order valence-corrected chi connectivity index (χ4v) is 2.71. The lowest BCUT2D eigenvalue weighted by atomic mass is 9.70. The topological polar surface area (TPSA) is 46.2 Å². The number of carbonyl (C=O) groups is 2. The molecule has 0 fully saturated rings. The molecule has 3 nitrogen and oxygen atoms in total. The van der Waals surface area contributed by atoms with Gasteiger partial charge in [0.05, 0.1) is 5.41 Å². The van der Waals surface area contributed by atoms with Crippen molar-refractivity contribution in [3.63, 3.8) is 0 Å². The second-order valence-corrected chi connectivity index (χ2v) is 4.51. The number of fused-ring (bicyclic) bond motifs is 1. The highest BCUT2D eigenvalue weighted by Gasteiger charge is 2.44. The maximum atomic E-state index is 12.2. The molecule has 0 aromatic heterocycles. The van der Waals surface area contributed by atoms with E-state index in [1.54, 1.807) is 6.07 Å². The summed E-state index contributed by atoms with van der Waals surface area (Å²) >= 11 is 0. The Kier molecular flexibility index (Phi) is 3.01. The normalized spacial score (nSPS) is 23.2. The van der Waals surface area contributed by atoms with E-state index in [0.29, 0.717) is 5.56 Å². The molecule has 0 radical (unpaired) electrons. The predicted molar refractivity (Wildman–Crippen MR) is 65.8 cm³/mol. The summed E-state index contributed by atoms with van der Waals surface area (Å²) in [5, 5.41) is 2.48. The second-order valence-electron chi connectivity index (χ2n) is 4.51. The highest BCUT2D eigenvalue weighted by atomic mass is 16.2.